The van der Waals surface area contributed by atoms with Crippen molar-refractivity contribution in [1.82, 2.24) is 0 Å². The Bertz CT molecular complexity index is 1100. The maximum atomic E-state index is 5.51. The summed E-state index contributed by atoms with van der Waals surface area (Å²) in [5.41, 5.74) is 2.00. The zero-order chi connectivity index (χ0) is 17.8. The molecule has 4 rings (SSSR count). The Hall–Kier alpha value is -3.04. The molecular formula is C23H18N2S. The van der Waals surface area contributed by atoms with Gasteiger partial charge >= 0.3 is 0 Å². The van der Waals surface area contributed by atoms with Crippen molar-refractivity contribution in [2.24, 2.45) is 4.99 Å². The van der Waals surface area contributed by atoms with E-state index in [9.17, 15) is 0 Å². The molecule has 0 saturated carbocycles. The molecule has 4 aromatic rings. The van der Waals surface area contributed by atoms with Crippen LogP contribution in [-0.2, 0) is 0 Å². The highest BCUT2D eigenvalue weighted by atomic mass is 32.1. The molecule has 0 radical (unpaired) electrons. The van der Waals surface area contributed by atoms with Crippen molar-refractivity contribution < 1.29 is 0 Å². The van der Waals surface area contributed by atoms with E-state index in [1.165, 1.54) is 16.2 Å². The quantitative estimate of drug-likeness (QED) is 0.333. The summed E-state index contributed by atoms with van der Waals surface area (Å²) in [6.07, 6.45) is 2.48. The summed E-state index contributed by atoms with van der Waals surface area (Å²) in [7, 11) is 0. The van der Waals surface area contributed by atoms with Crippen LogP contribution < -0.4 is 5.32 Å². The molecule has 0 saturated heterocycles. The summed E-state index contributed by atoms with van der Waals surface area (Å²) >= 11 is 5.51. The van der Waals surface area contributed by atoms with Gasteiger partial charge < -0.3 is 5.32 Å². The van der Waals surface area contributed by atoms with E-state index in [0.717, 1.165) is 21.7 Å². The molecule has 0 amide bonds. The topological polar surface area (TPSA) is 24.4 Å². The maximum Gasteiger partial charge on any atom is 0.0851 e. The van der Waals surface area contributed by atoms with Gasteiger partial charge in [0, 0.05) is 29.1 Å². The molecule has 3 heteroatoms. The Morgan fingerprint density at radius 2 is 1.38 bits per heavy atom. The summed E-state index contributed by atoms with van der Waals surface area (Å²) < 4.78 is 0. The monoisotopic (exact) mass is 354 g/mol. The SMILES string of the molecule is S=C(CC=Nc1cccc2ccccc12)Nc1cccc2ccccc12. The number of hydrogen-bond donors (Lipinski definition) is 1. The lowest BCUT2D eigenvalue weighted by Gasteiger charge is -2.09. The highest BCUT2D eigenvalue weighted by molar-refractivity contribution is 7.80. The van der Waals surface area contributed by atoms with E-state index in [4.69, 9.17) is 12.2 Å². The minimum Gasteiger partial charge on any atom is -0.349 e. The van der Waals surface area contributed by atoms with E-state index >= 15 is 0 Å². The first-order valence-electron chi connectivity index (χ1n) is 8.59. The number of thiocarbonyl (C=S) groups is 1. The van der Waals surface area contributed by atoms with Gasteiger partial charge in [0.25, 0.3) is 0 Å². The Kier molecular flexibility index (Phi) is 4.71. The first kappa shape index (κ1) is 16.4. The lowest BCUT2D eigenvalue weighted by atomic mass is 10.1. The van der Waals surface area contributed by atoms with Gasteiger partial charge in [-0.1, -0.05) is 85.0 Å². The normalized spacial score (nSPS) is 11.2. The highest BCUT2D eigenvalue weighted by Crippen LogP contribution is 2.25. The number of aliphatic imine (C=N–C) groups is 1. The van der Waals surface area contributed by atoms with Crippen molar-refractivity contribution in [2.75, 3.05) is 5.32 Å². The number of nitrogens with one attached hydrogen (secondary N) is 1. The molecule has 4 aromatic carbocycles. The van der Waals surface area contributed by atoms with Crippen LogP contribution in [0.15, 0.2) is 89.9 Å². The number of nitrogens with zero attached hydrogens (tertiary/aromatic N) is 1. The summed E-state index contributed by atoms with van der Waals surface area (Å²) in [6.45, 7) is 0. The fraction of sp³-hybridized carbons (Fsp3) is 0.0435. The van der Waals surface area contributed by atoms with Crippen LogP contribution in [0.3, 0.4) is 0 Å². The molecule has 0 atom stereocenters. The number of anilines is 1. The van der Waals surface area contributed by atoms with Gasteiger partial charge in [0.2, 0.25) is 0 Å². The third-order valence-corrected chi connectivity index (χ3v) is 4.61. The first-order chi connectivity index (χ1) is 12.8. The second-order valence-corrected chi connectivity index (χ2v) is 6.58. The predicted octanol–water partition coefficient (Wildman–Crippen LogP) is 6.52. The largest absolute Gasteiger partial charge is 0.349 e. The molecule has 0 aliphatic carbocycles. The van der Waals surface area contributed by atoms with Gasteiger partial charge in [0.15, 0.2) is 0 Å². The summed E-state index contributed by atoms with van der Waals surface area (Å²) in [4.78, 5) is 5.38. The van der Waals surface area contributed by atoms with Crippen molar-refractivity contribution >= 4 is 56.3 Å². The van der Waals surface area contributed by atoms with Crippen LogP contribution in [0.4, 0.5) is 11.4 Å². The molecule has 0 bridgehead atoms. The minimum atomic E-state index is 0.599. The van der Waals surface area contributed by atoms with Crippen molar-refractivity contribution in [2.45, 2.75) is 6.42 Å². The fourth-order valence-corrected chi connectivity index (χ4v) is 3.27. The molecule has 2 nitrogen and oxygen atoms in total. The molecule has 126 valence electrons. The fourth-order valence-electron chi connectivity index (χ4n) is 3.08. The van der Waals surface area contributed by atoms with Gasteiger partial charge in [0.1, 0.15) is 0 Å². The lowest BCUT2D eigenvalue weighted by Crippen LogP contribution is -2.09. The Labute approximate surface area is 158 Å². The third-order valence-electron chi connectivity index (χ3n) is 4.34. The van der Waals surface area contributed by atoms with Crippen molar-refractivity contribution in [1.29, 1.82) is 0 Å². The molecule has 0 aliphatic heterocycles. The maximum absolute atomic E-state index is 5.51. The van der Waals surface area contributed by atoms with Crippen LogP contribution in [0, 0.1) is 0 Å². The van der Waals surface area contributed by atoms with Crippen molar-refractivity contribution in [3.63, 3.8) is 0 Å². The molecule has 0 spiro atoms. The Morgan fingerprint density at radius 1 is 0.769 bits per heavy atom. The van der Waals surface area contributed by atoms with Crippen LogP contribution >= 0.6 is 12.2 Å². The summed E-state index contributed by atoms with van der Waals surface area (Å²) in [5, 5.41) is 8.06. The molecule has 0 heterocycles. The second-order valence-electron chi connectivity index (χ2n) is 6.09. The van der Waals surface area contributed by atoms with Crippen LogP contribution in [0.1, 0.15) is 6.42 Å². The minimum absolute atomic E-state index is 0.599. The number of rotatable bonds is 4. The van der Waals surface area contributed by atoms with E-state index in [0.29, 0.717) is 6.42 Å². The molecule has 1 N–H and O–H groups in total. The molecular weight excluding hydrogens is 336 g/mol. The standard InChI is InChI=1S/C23H18N2S/c26-23(25-22-14-6-10-18-8-2-4-12-20(18)22)15-16-24-21-13-5-9-17-7-1-3-11-19(17)21/h1-14,16H,15H2,(H,25,26). The highest BCUT2D eigenvalue weighted by Gasteiger charge is 2.02. The van der Waals surface area contributed by atoms with Gasteiger partial charge in [-0.05, 0) is 22.9 Å². The smallest absolute Gasteiger partial charge is 0.0851 e. The third kappa shape index (κ3) is 3.48. The zero-order valence-corrected chi connectivity index (χ0v) is 15.0. The van der Waals surface area contributed by atoms with E-state index < -0.39 is 0 Å². The number of fused-ring (bicyclic) bond motifs is 2. The lowest BCUT2D eigenvalue weighted by molar-refractivity contribution is 1.52. The van der Waals surface area contributed by atoms with Crippen LogP contribution in [0.25, 0.3) is 21.5 Å². The molecule has 0 aliphatic rings. The Morgan fingerprint density at radius 3 is 2.19 bits per heavy atom. The van der Waals surface area contributed by atoms with E-state index in [1.807, 2.05) is 48.7 Å². The van der Waals surface area contributed by atoms with E-state index in [-0.39, 0.29) is 0 Å². The van der Waals surface area contributed by atoms with Crippen LogP contribution in [0.5, 0.6) is 0 Å². The van der Waals surface area contributed by atoms with Gasteiger partial charge in [-0.25, -0.2) is 0 Å². The molecule has 0 unspecified atom stereocenters. The second kappa shape index (κ2) is 7.46. The average molecular weight is 354 g/mol. The number of hydrogen-bond acceptors (Lipinski definition) is 2. The number of benzene rings is 4. The first-order valence-corrected chi connectivity index (χ1v) is 9.00. The van der Waals surface area contributed by atoms with E-state index in [2.05, 4.69) is 52.8 Å². The van der Waals surface area contributed by atoms with Gasteiger partial charge in [-0.3, -0.25) is 4.99 Å². The van der Waals surface area contributed by atoms with Gasteiger partial charge in [-0.15, -0.1) is 0 Å². The summed E-state index contributed by atoms with van der Waals surface area (Å²) in [5.74, 6) is 0. The predicted molar refractivity (Wildman–Crippen MR) is 117 cm³/mol. The Balaban J connectivity index is 1.49. The zero-order valence-electron chi connectivity index (χ0n) is 14.2. The van der Waals surface area contributed by atoms with Crippen LogP contribution in [-0.4, -0.2) is 11.2 Å². The molecule has 0 fully saturated rings. The van der Waals surface area contributed by atoms with Crippen molar-refractivity contribution in [3.8, 4) is 0 Å². The van der Waals surface area contributed by atoms with Crippen molar-refractivity contribution in [3.05, 3.63) is 84.9 Å². The molecule has 26 heavy (non-hydrogen) atoms. The summed E-state index contributed by atoms with van der Waals surface area (Å²) in [6, 6.07) is 28.9. The average Bonchev–Trinajstić information content (AvgIpc) is 2.68. The van der Waals surface area contributed by atoms with Gasteiger partial charge in [-0.2, -0.15) is 0 Å². The van der Waals surface area contributed by atoms with E-state index in [1.54, 1.807) is 0 Å². The van der Waals surface area contributed by atoms with Gasteiger partial charge in [0.05, 0.1) is 10.7 Å². The van der Waals surface area contributed by atoms with Crippen LogP contribution in [0.2, 0.25) is 0 Å². The molecule has 0 aromatic heterocycles.